The number of nitrogens with one attached hydrogen (secondary N) is 1. The third kappa shape index (κ3) is 4.67. The highest BCUT2D eigenvalue weighted by Gasteiger charge is 2.29. The lowest BCUT2D eigenvalue weighted by atomic mass is 9.89. The summed E-state index contributed by atoms with van der Waals surface area (Å²) in [5.74, 6) is -1.88. The zero-order chi connectivity index (χ0) is 18.2. The van der Waals surface area contributed by atoms with Crippen LogP contribution in [-0.2, 0) is 9.59 Å². The number of rotatable bonds is 7. The molecule has 0 saturated heterocycles. The van der Waals surface area contributed by atoms with Gasteiger partial charge in [-0.25, -0.2) is 0 Å². The number of nitrogens with two attached hydrogens (primary N) is 1. The molecule has 128 valence electrons. The van der Waals surface area contributed by atoms with Gasteiger partial charge in [0.25, 0.3) is 0 Å². The molecule has 2 aromatic carbocycles. The number of nitrogens with zero attached hydrogens (tertiary/aromatic N) is 1. The summed E-state index contributed by atoms with van der Waals surface area (Å²) in [6.07, 6.45) is 0.134. The van der Waals surface area contributed by atoms with Crippen LogP contribution < -0.4 is 11.1 Å². The molecular formula is C20H21N3O2. The predicted octanol–water partition coefficient (Wildman–Crippen LogP) is 2.34. The number of carbonyl (C=O) groups excluding carboxylic acids is 2. The molecule has 2 aromatic rings. The molecule has 0 heterocycles. The molecular weight excluding hydrogens is 314 g/mol. The molecule has 0 radical (unpaired) electrons. The van der Waals surface area contributed by atoms with Gasteiger partial charge in [0.05, 0.1) is 12.0 Å². The van der Waals surface area contributed by atoms with Gasteiger partial charge in [-0.15, -0.1) is 0 Å². The van der Waals surface area contributed by atoms with Crippen LogP contribution in [0.3, 0.4) is 0 Å². The molecule has 2 amide bonds. The minimum absolute atomic E-state index is 0.134. The van der Waals surface area contributed by atoms with Gasteiger partial charge in [0.1, 0.15) is 6.04 Å². The van der Waals surface area contributed by atoms with E-state index in [1.165, 1.54) is 0 Å². The second kappa shape index (κ2) is 8.65. The molecule has 5 nitrogen and oxygen atoms in total. The summed E-state index contributed by atoms with van der Waals surface area (Å²) in [5, 5.41) is 11.6. The second-order valence-corrected chi connectivity index (χ2v) is 5.98. The van der Waals surface area contributed by atoms with Crippen molar-refractivity contribution in [3.63, 3.8) is 0 Å². The molecule has 2 rings (SSSR count). The van der Waals surface area contributed by atoms with Gasteiger partial charge in [0, 0.05) is 6.42 Å². The van der Waals surface area contributed by atoms with Crippen molar-refractivity contribution in [3.8, 4) is 6.07 Å². The minimum Gasteiger partial charge on any atom is -0.368 e. The topological polar surface area (TPSA) is 96.0 Å². The van der Waals surface area contributed by atoms with Crippen LogP contribution in [0.1, 0.15) is 30.4 Å². The molecule has 0 bridgehead atoms. The van der Waals surface area contributed by atoms with Crippen molar-refractivity contribution in [1.82, 2.24) is 5.32 Å². The Bertz CT molecular complexity index is 714. The molecule has 0 saturated carbocycles. The summed E-state index contributed by atoms with van der Waals surface area (Å²) >= 11 is 0. The van der Waals surface area contributed by atoms with Crippen LogP contribution >= 0.6 is 0 Å². The molecule has 0 aliphatic heterocycles. The quantitative estimate of drug-likeness (QED) is 0.813. The Labute approximate surface area is 147 Å². The van der Waals surface area contributed by atoms with Crippen molar-refractivity contribution in [2.75, 3.05) is 0 Å². The summed E-state index contributed by atoms with van der Waals surface area (Å²) < 4.78 is 0. The Morgan fingerprint density at radius 1 is 1.04 bits per heavy atom. The molecule has 5 heteroatoms. The SMILES string of the molecule is C[C@H](CC#N)[C@@H](NC(=O)C(c1ccccc1)c1ccccc1)C(N)=O. The van der Waals surface area contributed by atoms with Gasteiger partial charge in [0.2, 0.25) is 11.8 Å². The highest BCUT2D eigenvalue weighted by molar-refractivity contribution is 5.92. The Balaban J connectivity index is 2.33. The normalized spacial score (nSPS) is 12.8. The number of amides is 2. The van der Waals surface area contributed by atoms with Gasteiger partial charge in [0.15, 0.2) is 0 Å². The Hall–Kier alpha value is -3.13. The summed E-state index contributed by atoms with van der Waals surface area (Å²) in [4.78, 5) is 24.7. The molecule has 0 unspecified atom stereocenters. The molecule has 3 N–H and O–H groups in total. The minimum atomic E-state index is -0.887. The number of benzene rings is 2. The maximum absolute atomic E-state index is 13.0. The van der Waals surface area contributed by atoms with Crippen molar-refractivity contribution >= 4 is 11.8 Å². The van der Waals surface area contributed by atoms with E-state index in [2.05, 4.69) is 5.32 Å². The number of carbonyl (C=O) groups is 2. The highest BCUT2D eigenvalue weighted by atomic mass is 16.2. The van der Waals surface area contributed by atoms with E-state index in [1.807, 2.05) is 66.7 Å². The first kappa shape index (κ1) is 18.2. The number of nitriles is 1. The summed E-state index contributed by atoms with van der Waals surface area (Å²) in [6, 6.07) is 19.8. The Morgan fingerprint density at radius 3 is 1.92 bits per heavy atom. The summed E-state index contributed by atoms with van der Waals surface area (Å²) in [6.45, 7) is 1.72. The summed E-state index contributed by atoms with van der Waals surface area (Å²) in [7, 11) is 0. The molecule has 0 fully saturated rings. The fourth-order valence-electron chi connectivity index (χ4n) is 2.78. The second-order valence-electron chi connectivity index (χ2n) is 5.98. The van der Waals surface area contributed by atoms with E-state index >= 15 is 0 Å². The van der Waals surface area contributed by atoms with Crippen LogP contribution in [0.4, 0.5) is 0 Å². The molecule has 25 heavy (non-hydrogen) atoms. The lowest BCUT2D eigenvalue weighted by molar-refractivity contribution is -0.128. The van der Waals surface area contributed by atoms with Crippen molar-refractivity contribution in [2.24, 2.45) is 11.7 Å². The number of hydrogen-bond acceptors (Lipinski definition) is 3. The number of primary amides is 1. The monoisotopic (exact) mass is 335 g/mol. The van der Waals surface area contributed by atoms with Crippen LogP contribution in [-0.4, -0.2) is 17.9 Å². The lowest BCUT2D eigenvalue weighted by Crippen LogP contribution is -2.49. The molecule has 0 aromatic heterocycles. The van der Waals surface area contributed by atoms with Crippen molar-refractivity contribution < 1.29 is 9.59 Å². The van der Waals surface area contributed by atoms with E-state index in [1.54, 1.807) is 6.92 Å². The first-order chi connectivity index (χ1) is 12.0. The molecule has 2 atom stereocenters. The third-order valence-electron chi connectivity index (χ3n) is 4.11. The molecule has 0 aliphatic rings. The third-order valence-corrected chi connectivity index (χ3v) is 4.11. The lowest BCUT2D eigenvalue weighted by Gasteiger charge is -2.24. The largest absolute Gasteiger partial charge is 0.368 e. The first-order valence-corrected chi connectivity index (χ1v) is 8.11. The average molecular weight is 335 g/mol. The maximum atomic E-state index is 13.0. The Kier molecular flexibility index (Phi) is 6.30. The first-order valence-electron chi connectivity index (χ1n) is 8.11. The average Bonchev–Trinajstić information content (AvgIpc) is 2.61. The van der Waals surface area contributed by atoms with E-state index in [0.29, 0.717) is 0 Å². The number of hydrogen-bond donors (Lipinski definition) is 2. The van der Waals surface area contributed by atoms with Crippen LogP contribution in [0.25, 0.3) is 0 Å². The van der Waals surface area contributed by atoms with Gasteiger partial charge in [-0.1, -0.05) is 67.6 Å². The van der Waals surface area contributed by atoms with Gasteiger partial charge >= 0.3 is 0 Å². The fourth-order valence-corrected chi connectivity index (χ4v) is 2.78. The summed E-state index contributed by atoms with van der Waals surface area (Å²) in [5.41, 5.74) is 7.07. The van der Waals surface area contributed by atoms with Crippen LogP contribution in [0.5, 0.6) is 0 Å². The van der Waals surface area contributed by atoms with Crippen LogP contribution in [0, 0.1) is 17.2 Å². The zero-order valence-corrected chi connectivity index (χ0v) is 14.1. The predicted molar refractivity (Wildman–Crippen MR) is 95.2 cm³/mol. The Morgan fingerprint density at radius 2 is 1.52 bits per heavy atom. The maximum Gasteiger partial charge on any atom is 0.240 e. The van der Waals surface area contributed by atoms with E-state index < -0.39 is 17.9 Å². The van der Waals surface area contributed by atoms with Crippen molar-refractivity contribution in [3.05, 3.63) is 71.8 Å². The molecule has 0 aliphatic carbocycles. The van der Waals surface area contributed by atoms with Gasteiger partial charge in [-0.05, 0) is 17.0 Å². The van der Waals surface area contributed by atoms with Crippen LogP contribution in [0.2, 0.25) is 0 Å². The van der Waals surface area contributed by atoms with Gasteiger partial charge < -0.3 is 11.1 Å². The van der Waals surface area contributed by atoms with E-state index in [4.69, 9.17) is 11.0 Å². The highest BCUT2D eigenvalue weighted by Crippen LogP contribution is 2.25. The zero-order valence-electron chi connectivity index (χ0n) is 14.1. The van der Waals surface area contributed by atoms with E-state index in [9.17, 15) is 9.59 Å². The van der Waals surface area contributed by atoms with E-state index in [-0.39, 0.29) is 18.2 Å². The van der Waals surface area contributed by atoms with Crippen molar-refractivity contribution in [2.45, 2.75) is 25.3 Å². The van der Waals surface area contributed by atoms with E-state index in [0.717, 1.165) is 11.1 Å². The van der Waals surface area contributed by atoms with Gasteiger partial charge in [-0.3, -0.25) is 9.59 Å². The van der Waals surface area contributed by atoms with Crippen molar-refractivity contribution in [1.29, 1.82) is 5.26 Å². The fraction of sp³-hybridized carbons (Fsp3) is 0.250. The molecule has 0 spiro atoms. The smallest absolute Gasteiger partial charge is 0.240 e. The van der Waals surface area contributed by atoms with Gasteiger partial charge in [-0.2, -0.15) is 5.26 Å². The standard InChI is InChI=1S/C20H21N3O2/c1-14(12-13-21)18(19(22)24)23-20(25)17(15-8-4-2-5-9-15)16-10-6-3-7-11-16/h2-11,14,17-18H,12H2,1H3,(H2,22,24)(H,23,25)/t14-,18-/m1/s1. The van der Waals surface area contributed by atoms with Crippen LogP contribution in [0.15, 0.2) is 60.7 Å².